The second-order valence-electron chi connectivity index (χ2n) is 7.62. The minimum Gasteiger partial charge on any atom is -0.390 e. The largest absolute Gasteiger partial charge is 0.390 e. The first-order chi connectivity index (χ1) is 13.7. The van der Waals surface area contributed by atoms with Gasteiger partial charge in [-0.3, -0.25) is 9.69 Å². The standard InChI is InChI=1S/C21H26N4O3/c26-19(11-25-6-5-16-3-1-2-4-17(16)10-25)9-22-21(27)20-8-18(23-14-24-20)7-15-12-28-13-15/h1-4,8,14-15,19,26H,5-7,9-13H2,(H,22,27)/t19-/m0/s1. The van der Waals surface area contributed by atoms with Crippen molar-refractivity contribution < 1.29 is 14.6 Å². The van der Waals surface area contributed by atoms with Crippen LogP contribution in [0.25, 0.3) is 0 Å². The number of rotatable bonds is 7. The van der Waals surface area contributed by atoms with Crippen molar-refractivity contribution in [3.05, 3.63) is 59.2 Å². The molecule has 148 valence electrons. The highest BCUT2D eigenvalue weighted by Gasteiger charge is 2.21. The van der Waals surface area contributed by atoms with Crippen molar-refractivity contribution in [3.8, 4) is 0 Å². The zero-order valence-corrected chi connectivity index (χ0v) is 15.9. The van der Waals surface area contributed by atoms with Crippen LogP contribution in [-0.4, -0.2) is 64.8 Å². The van der Waals surface area contributed by atoms with Crippen LogP contribution in [0, 0.1) is 5.92 Å². The number of ether oxygens (including phenoxy) is 1. The highest BCUT2D eigenvalue weighted by Crippen LogP contribution is 2.18. The number of aliphatic hydroxyl groups excluding tert-OH is 1. The molecule has 4 rings (SSSR count). The first-order valence-corrected chi connectivity index (χ1v) is 9.81. The predicted octanol–water partition coefficient (Wildman–Crippen LogP) is 0.814. The second-order valence-corrected chi connectivity index (χ2v) is 7.62. The van der Waals surface area contributed by atoms with Gasteiger partial charge in [-0.2, -0.15) is 0 Å². The molecular weight excluding hydrogens is 356 g/mol. The number of hydrogen-bond acceptors (Lipinski definition) is 6. The van der Waals surface area contributed by atoms with Gasteiger partial charge in [-0.1, -0.05) is 24.3 Å². The summed E-state index contributed by atoms with van der Waals surface area (Å²) in [6, 6.07) is 10.1. The molecule has 0 saturated carbocycles. The molecule has 1 fully saturated rings. The minimum atomic E-state index is -0.623. The van der Waals surface area contributed by atoms with Gasteiger partial charge >= 0.3 is 0 Å². The number of carbonyl (C=O) groups excluding carboxylic acids is 1. The number of nitrogens with zero attached hydrogens (tertiary/aromatic N) is 3. The fourth-order valence-electron chi connectivity index (χ4n) is 3.71. The average Bonchev–Trinajstić information content (AvgIpc) is 2.69. The summed E-state index contributed by atoms with van der Waals surface area (Å²) < 4.78 is 5.18. The van der Waals surface area contributed by atoms with Crippen LogP contribution >= 0.6 is 0 Å². The molecule has 0 unspecified atom stereocenters. The Labute approximate surface area is 164 Å². The van der Waals surface area contributed by atoms with Crippen LogP contribution in [0.2, 0.25) is 0 Å². The Morgan fingerprint density at radius 2 is 2.11 bits per heavy atom. The van der Waals surface area contributed by atoms with E-state index in [1.165, 1.54) is 17.5 Å². The van der Waals surface area contributed by atoms with E-state index in [9.17, 15) is 9.90 Å². The normalized spacial score (nSPS) is 18.2. The van der Waals surface area contributed by atoms with E-state index in [0.29, 0.717) is 18.2 Å². The topological polar surface area (TPSA) is 87.6 Å². The van der Waals surface area contributed by atoms with Crippen LogP contribution < -0.4 is 5.32 Å². The summed E-state index contributed by atoms with van der Waals surface area (Å²) >= 11 is 0. The van der Waals surface area contributed by atoms with Crippen LogP contribution in [-0.2, 0) is 24.1 Å². The average molecular weight is 382 g/mol. The molecule has 28 heavy (non-hydrogen) atoms. The Kier molecular flexibility index (Phi) is 5.95. The summed E-state index contributed by atoms with van der Waals surface area (Å²) in [7, 11) is 0. The van der Waals surface area contributed by atoms with Crippen LogP contribution in [0.3, 0.4) is 0 Å². The van der Waals surface area contributed by atoms with Crippen molar-refractivity contribution in [1.82, 2.24) is 20.2 Å². The van der Waals surface area contributed by atoms with Crippen LogP contribution in [0.1, 0.15) is 27.3 Å². The Morgan fingerprint density at radius 1 is 1.29 bits per heavy atom. The maximum absolute atomic E-state index is 12.4. The van der Waals surface area contributed by atoms with Crippen molar-refractivity contribution in [1.29, 1.82) is 0 Å². The van der Waals surface area contributed by atoms with E-state index in [2.05, 4.69) is 38.4 Å². The lowest BCUT2D eigenvalue weighted by Gasteiger charge is -2.30. The Hall–Kier alpha value is -2.35. The smallest absolute Gasteiger partial charge is 0.270 e. The number of hydrogen-bond donors (Lipinski definition) is 2. The molecule has 2 aliphatic heterocycles. The number of β-amino-alcohol motifs (C(OH)–C–C–N with tert-alkyl or cyclic N) is 1. The second kappa shape index (κ2) is 8.77. The third-order valence-electron chi connectivity index (χ3n) is 5.34. The fourth-order valence-corrected chi connectivity index (χ4v) is 3.71. The van der Waals surface area contributed by atoms with E-state index in [4.69, 9.17) is 4.74 Å². The molecule has 3 heterocycles. The van der Waals surface area contributed by atoms with Gasteiger partial charge in [0.2, 0.25) is 0 Å². The monoisotopic (exact) mass is 382 g/mol. The van der Waals surface area contributed by atoms with E-state index in [0.717, 1.165) is 44.8 Å². The van der Waals surface area contributed by atoms with E-state index < -0.39 is 6.10 Å². The molecule has 2 N–H and O–H groups in total. The van der Waals surface area contributed by atoms with Gasteiger partial charge in [-0.15, -0.1) is 0 Å². The molecule has 2 aromatic rings. The molecule has 1 aromatic carbocycles. The Bertz CT molecular complexity index is 825. The SMILES string of the molecule is O=C(NC[C@H](O)CN1CCc2ccccc2C1)c1cc(CC2COC2)ncn1. The van der Waals surface area contributed by atoms with Crippen LogP contribution in [0.5, 0.6) is 0 Å². The lowest BCUT2D eigenvalue weighted by Crippen LogP contribution is -2.42. The molecule has 1 saturated heterocycles. The molecular formula is C21H26N4O3. The molecule has 1 aromatic heterocycles. The minimum absolute atomic E-state index is 0.201. The number of carbonyl (C=O) groups is 1. The molecule has 7 heteroatoms. The molecule has 7 nitrogen and oxygen atoms in total. The molecule has 0 spiro atoms. The van der Waals surface area contributed by atoms with E-state index in [1.54, 1.807) is 6.07 Å². The quantitative estimate of drug-likeness (QED) is 0.737. The number of benzene rings is 1. The summed E-state index contributed by atoms with van der Waals surface area (Å²) in [6.45, 7) is 3.99. The fraction of sp³-hybridized carbons (Fsp3) is 0.476. The van der Waals surface area contributed by atoms with Gasteiger partial charge in [0, 0.05) is 37.8 Å². The summed E-state index contributed by atoms with van der Waals surface area (Å²) in [6.07, 6.45) is 2.58. The van der Waals surface area contributed by atoms with Crippen molar-refractivity contribution in [2.45, 2.75) is 25.5 Å². The maximum atomic E-state index is 12.4. The van der Waals surface area contributed by atoms with Gasteiger partial charge in [0.1, 0.15) is 12.0 Å². The highest BCUT2D eigenvalue weighted by atomic mass is 16.5. The van der Waals surface area contributed by atoms with Crippen LogP contribution in [0.15, 0.2) is 36.7 Å². The highest BCUT2D eigenvalue weighted by molar-refractivity contribution is 5.92. The molecule has 2 aliphatic rings. The van der Waals surface area contributed by atoms with Gasteiger partial charge < -0.3 is 15.2 Å². The van der Waals surface area contributed by atoms with Gasteiger partial charge in [0.25, 0.3) is 5.91 Å². The molecule has 0 radical (unpaired) electrons. The summed E-state index contributed by atoms with van der Waals surface area (Å²) in [5, 5.41) is 13.1. The third kappa shape index (κ3) is 4.73. The molecule has 0 aliphatic carbocycles. The Balaban J connectivity index is 1.25. The van der Waals surface area contributed by atoms with Crippen molar-refractivity contribution >= 4 is 5.91 Å². The van der Waals surface area contributed by atoms with Gasteiger partial charge in [0.05, 0.1) is 19.3 Å². The first kappa shape index (κ1) is 19.0. The molecule has 0 bridgehead atoms. The molecule has 1 amide bonds. The first-order valence-electron chi connectivity index (χ1n) is 9.81. The van der Waals surface area contributed by atoms with Gasteiger partial charge in [-0.05, 0) is 30.0 Å². The number of amides is 1. The van der Waals surface area contributed by atoms with Gasteiger partial charge in [0.15, 0.2) is 0 Å². The maximum Gasteiger partial charge on any atom is 0.270 e. The van der Waals surface area contributed by atoms with E-state index >= 15 is 0 Å². The summed E-state index contributed by atoms with van der Waals surface area (Å²) in [4.78, 5) is 22.9. The van der Waals surface area contributed by atoms with Crippen LogP contribution in [0.4, 0.5) is 0 Å². The number of nitrogens with one attached hydrogen (secondary N) is 1. The summed E-state index contributed by atoms with van der Waals surface area (Å²) in [5.74, 6) is 0.193. The predicted molar refractivity (Wildman–Crippen MR) is 104 cm³/mol. The third-order valence-corrected chi connectivity index (χ3v) is 5.34. The van der Waals surface area contributed by atoms with E-state index in [-0.39, 0.29) is 12.5 Å². The molecule has 1 atom stereocenters. The van der Waals surface area contributed by atoms with Gasteiger partial charge in [-0.25, -0.2) is 9.97 Å². The number of fused-ring (bicyclic) bond motifs is 1. The van der Waals surface area contributed by atoms with Crippen molar-refractivity contribution in [2.24, 2.45) is 5.92 Å². The lowest BCUT2D eigenvalue weighted by atomic mass is 10.00. The van der Waals surface area contributed by atoms with Crippen molar-refractivity contribution in [2.75, 3.05) is 32.8 Å². The summed E-state index contributed by atoms with van der Waals surface area (Å²) in [5.41, 5.74) is 3.88. The van der Waals surface area contributed by atoms with Crippen molar-refractivity contribution in [3.63, 3.8) is 0 Å². The number of aliphatic hydroxyl groups is 1. The van der Waals surface area contributed by atoms with E-state index in [1.807, 2.05) is 6.07 Å². The Morgan fingerprint density at radius 3 is 2.89 bits per heavy atom. The number of aromatic nitrogens is 2. The zero-order chi connectivity index (χ0) is 19.3. The lowest BCUT2D eigenvalue weighted by molar-refractivity contribution is -0.0316. The zero-order valence-electron chi connectivity index (χ0n) is 15.9.